The molecule has 0 saturated heterocycles. The number of aliphatic hydroxyl groups excluding tert-OH is 1. The lowest BCUT2D eigenvalue weighted by Crippen LogP contribution is -2.48. The second kappa shape index (κ2) is 12.7. The fourth-order valence-corrected chi connectivity index (χ4v) is 6.47. The van der Waals surface area contributed by atoms with Gasteiger partial charge in [-0.25, -0.2) is 13.2 Å². The normalized spacial score (nSPS) is 18.4. The van der Waals surface area contributed by atoms with Gasteiger partial charge in [0.1, 0.15) is 16.1 Å². The average Bonchev–Trinajstić information content (AvgIpc) is 3.49. The first-order valence-corrected chi connectivity index (χ1v) is 15.3. The maximum atomic E-state index is 13.4. The summed E-state index contributed by atoms with van der Waals surface area (Å²) in [5.74, 6) is 0.0138. The largest absolute Gasteiger partial charge is 0.488 e. The molecule has 3 N–H and O–H groups in total. The van der Waals surface area contributed by atoms with Gasteiger partial charge in [0.05, 0.1) is 25.6 Å². The molecule has 3 atom stereocenters. The minimum absolute atomic E-state index is 0.0436. The zero-order valence-corrected chi connectivity index (χ0v) is 24.2. The molecule has 2 aromatic carbocycles. The van der Waals surface area contributed by atoms with Crippen LogP contribution in [0.25, 0.3) is 0 Å². The van der Waals surface area contributed by atoms with Crippen molar-refractivity contribution in [1.82, 2.24) is 9.80 Å². The second-order valence-electron chi connectivity index (χ2n) is 9.92. The van der Waals surface area contributed by atoms with E-state index in [2.05, 4.69) is 10.0 Å². The second-order valence-corrected chi connectivity index (χ2v) is 12.8. The number of ether oxygens (including phenoxy) is 1. The Hall–Kier alpha value is -3.61. The molecule has 1 aliphatic rings. The number of aliphatic hydroxyl groups is 1. The van der Waals surface area contributed by atoms with Crippen LogP contribution in [0.5, 0.6) is 5.75 Å². The predicted molar refractivity (Wildman–Crippen MR) is 155 cm³/mol. The fourth-order valence-electron chi connectivity index (χ4n) is 4.43. The summed E-state index contributed by atoms with van der Waals surface area (Å²) in [6.45, 7) is 4.03. The van der Waals surface area contributed by atoms with Crippen molar-refractivity contribution in [2.45, 2.75) is 36.6 Å². The Labute approximate surface area is 238 Å². The van der Waals surface area contributed by atoms with Gasteiger partial charge in [0.15, 0.2) is 0 Å². The fraction of sp³-hybridized carbons (Fsp3) is 0.357. The van der Waals surface area contributed by atoms with Gasteiger partial charge in [0, 0.05) is 36.4 Å². The highest BCUT2D eigenvalue weighted by Gasteiger charge is 2.32. The van der Waals surface area contributed by atoms with Crippen molar-refractivity contribution in [1.29, 1.82) is 0 Å². The number of benzene rings is 2. The molecule has 1 aliphatic heterocycles. The van der Waals surface area contributed by atoms with Crippen LogP contribution in [-0.4, -0.2) is 74.2 Å². The molecule has 10 nitrogen and oxygen atoms in total. The van der Waals surface area contributed by atoms with Crippen molar-refractivity contribution in [2.75, 3.05) is 36.8 Å². The van der Waals surface area contributed by atoms with Crippen molar-refractivity contribution in [2.24, 2.45) is 5.92 Å². The van der Waals surface area contributed by atoms with E-state index in [9.17, 15) is 23.1 Å². The van der Waals surface area contributed by atoms with E-state index in [1.54, 1.807) is 60.6 Å². The molecule has 2 heterocycles. The van der Waals surface area contributed by atoms with Gasteiger partial charge in [-0.1, -0.05) is 31.2 Å². The first kappa shape index (κ1) is 29.4. The third kappa shape index (κ3) is 7.12. The number of nitrogens with one attached hydrogen (secondary N) is 2. The minimum atomic E-state index is -3.78. The lowest BCUT2D eigenvalue weighted by atomic mass is 10.0. The van der Waals surface area contributed by atoms with E-state index in [1.165, 1.54) is 11.0 Å². The summed E-state index contributed by atoms with van der Waals surface area (Å²) in [6.07, 6.45) is -0.545. The Morgan fingerprint density at radius 1 is 1.18 bits per heavy atom. The summed E-state index contributed by atoms with van der Waals surface area (Å²) in [5, 5.41) is 14.4. The molecular formula is C28H34N4O6S2. The van der Waals surface area contributed by atoms with Crippen LogP contribution >= 0.6 is 11.3 Å². The quantitative estimate of drug-likeness (QED) is 0.368. The molecule has 0 saturated carbocycles. The summed E-state index contributed by atoms with van der Waals surface area (Å²) >= 11 is 1.10. The Morgan fingerprint density at radius 3 is 2.60 bits per heavy atom. The SMILES string of the molecule is C[C@@H]1CN([C@H](C)CO)C(=O)Cc2cc(NS(=O)(=O)c3cccs3)ccc2O[C@H]1CN(C)C(=O)Nc1ccccc1. The van der Waals surface area contributed by atoms with Gasteiger partial charge in [0.2, 0.25) is 5.91 Å². The van der Waals surface area contributed by atoms with Gasteiger partial charge >= 0.3 is 6.03 Å². The molecule has 0 spiro atoms. The Balaban J connectivity index is 1.61. The Kier molecular flexibility index (Phi) is 9.33. The zero-order chi connectivity index (χ0) is 28.9. The van der Waals surface area contributed by atoms with Crippen LogP contribution in [0.4, 0.5) is 16.2 Å². The number of hydrogen-bond acceptors (Lipinski definition) is 7. The summed E-state index contributed by atoms with van der Waals surface area (Å²) in [7, 11) is -2.11. The van der Waals surface area contributed by atoms with Gasteiger partial charge < -0.3 is 25.0 Å². The molecular weight excluding hydrogens is 552 g/mol. The monoisotopic (exact) mass is 586 g/mol. The number of para-hydroxylation sites is 1. The average molecular weight is 587 g/mol. The van der Waals surface area contributed by atoms with E-state index in [0.29, 0.717) is 29.2 Å². The lowest BCUT2D eigenvalue weighted by Gasteiger charge is -2.34. The van der Waals surface area contributed by atoms with Crippen molar-refractivity contribution < 1.29 is 27.9 Å². The maximum Gasteiger partial charge on any atom is 0.321 e. The van der Waals surface area contributed by atoms with Crippen LogP contribution in [0.2, 0.25) is 0 Å². The third-order valence-electron chi connectivity index (χ3n) is 6.75. The van der Waals surface area contributed by atoms with Gasteiger partial charge in [-0.05, 0) is 48.7 Å². The van der Waals surface area contributed by atoms with E-state index < -0.39 is 22.2 Å². The smallest absolute Gasteiger partial charge is 0.321 e. The van der Waals surface area contributed by atoms with Crippen molar-refractivity contribution in [3.05, 3.63) is 71.6 Å². The number of anilines is 2. The standard InChI is InChI=1S/C28H34N4O6S2/c1-19-16-32(20(2)18-33)26(34)15-21-14-23(30-40(36,37)27-10-7-13-39-27)11-12-24(21)38-25(19)17-31(3)28(35)29-22-8-5-4-6-9-22/h4-14,19-20,25,30,33H,15-18H2,1-3H3,(H,29,35)/t19-,20-,25+/m1/s1. The highest BCUT2D eigenvalue weighted by molar-refractivity contribution is 7.94. The minimum Gasteiger partial charge on any atom is -0.488 e. The summed E-state index contributed by atoms with van der Waals surface area (Å²) in [4.78, 5) is 29.4. The van der Waals surface area contributed by atoms with Gasteiger partial charge in [-0.15, -0.1) is 11.3 Å². The lowest BCUT2D eigenvalue weighted by molar-refractivity contribution is -0.134. The van der Waals surface area contributed by atoms with Crippen LogP contribution < -0.4 is 14.8 Å². The highest BCUT2D eigenvalue weighted by Crippen LogP contribution is 2.30. The molecule has 0 bridgehead atoms. The number of thiophene rings is 1. The number of sulfonamides is 1. The Morgan fingerprint density at radius 2 is 1.93 bits per heavy atom. The summed E-state index contributed by atoms with van der Waals surface area (Å²) in [6, 6.07) is 16.4. The number of nitrogens with zero attached hydrogens (tertiary/aromatic N) is 2. The molecule has 0 aliphatic carbocycles. The van der Waals surface area contributed by atoms with Crippen LogP contribution in [0, 0.1) is 5.92 Å². The van der Waals surface area contributed by atoms with E-state index in [4.69, 9.17) is 4.74 Å². The van der Waals surface area contributed by atoms with E-state index in [0.717, 1.165) is 11.3 Å². The first-order chi connectivity index (χ1) is 19.1. The molecule has 3 amide bonds. The van der Waals surface area contributed by atoms with E-state index >= 15 is 0 Å². The number of rotatable bonds is 8. The van der Waals surface area contributed by atoms with Crippen LogP contribution in [0.1, 0.15) is 19.4 Å². The number of carbonyl (C=O) groups is 2. The molecule has 0 radical (unpaired) electrons. The van der Waals surface area contributed by atoms with Crippen LogP contribution in [0.15, 0.2) is 70.3 Å². The molecule has 4 rings (SSSR count). The number of amides is 3. The Bertz CT molecular complexity index is 1420. The summed E-state index contributed by atoms with van der Waals surface area (Å²) < 4.78 is 34.8. The van der Waals surface area contributed by atoms with Crippen molar-refractivity contribution in [3.63, 3.8) is 0 Å². The third-order valence-corrected chi connectivity index (χ3v) is 9.53. The number of urea groups is 1. The van der Waals surface area contributed by atoms with Crippen molar-refractivity contribution >= 4 is 44.7 Å². The zero-order valence-electron chi connectivity index (χ0n) is 22.6. The van der Waals surface area contributed by atoms with Gasteiger partial charge in [0.25, 0.3) is 10.0 Å². The highest BCUT2D eigenvalue weighted by atomic mass is 32.2. The van der Waals surface area contributed by atoms with E-state index in [1.807, 2.05) is 25.1 Å². The number of likely N-dealkylation sites (N-methyl/N-ethyl adjacent to an activating group) is 1. The molecule has 3 aromatic rings. The van der Waals surface area contributed by atoms with Crippen LogP contribution in [-0.2, 0) is 21.2 Å². The molecule has 40 heavy (non-hydrogen) atoms. The predicted octanol–water partition coefficient (Wildman–Crippen LogP) is 3.86. The van der Waals surface area contributed by atoms with Gasteiger partial charge in [-0.2, -0.15) is 0 Å². The summed E-state index contributed by atoms with van der Waals surface area (Å²) in [5.41, 5.74) is 1.47. The molecule has 214 valence electrons. The molecule has 1 aromatic heterocycles. The van der Waals surface area contributed by atoms with E-state index in [-0.39, 0.29) is 41.6 Å². The molecule has 0 fully saturated rings. The number of hydrogen-bond donors (Lipinski definition) is 3. The van der Waals surface area contributed by atoms with Crippen LogP contribution in [0.3, 0.4) is 0 Å². The molecule has 12 heteroatoms. The maximum absolute atomic E-state index is 13.4. The topological polar surface area (TPSA) is 128 Å². The van der Waals surface area contributed by atoms with Crippen molar-refractivity contribution in [3.8, 4) is 5.75 Å². The first-order valence-electron chi connectivity index (χ1n) is 12.9. The molecule has 0 unspecified atom stereocenters. The number of fused-ring (bicyclic) bond motifs is 1. The van der Waals surface area contributed by atoms with Gasteiger partial charge in [-0.3, -0.25) is 9.52 Å². The number of carbonyl (C=O) groups excluding carboxylic acids is 2.